The summed E-state index contributed by atoms with van der Waals surface area (Å²) in [5.41, 5.74) is 0. The van der Waals surface area contributed by atoms with Crippen molar-refractivity contribution in [2.45, 2.75) is 3.92 Å². The molecule has 0 bridgehead atoms. The molecule has 1 aromatic rings. The SMILES string of the molecule is COC[C@H](I)c1cccs1. The van der Waals surface area contributed by atoms with Crippen LogP contribution in [0.5, 0.6) is 0 Å². The standard InChI is InChI=1S/C7H9IOS/c1-9-5-6(8)7-3-2-4-10-7/h2-4,6H,5H2,1H3/t6-/m0/s1. The van der Waals surface area contributed by atoms with Crippen LogP contribution in [0.1, 0.15) is 8.80 Å². The number of hydrogen-bond donors (Lipinski definition) is 0. The fraction of sp³-hybridized carbons (Fsp3) is 0.429. The average Bonchev–Trinajstić information content (AvgIpc) is 2.38. The number of ether oxygens (including phenoxy) is 1. The lowest BCUT2D eigenvalue weighted by Crippen LogP contribution is -1.95. The predicted octanol–water partition coefficient (Wildman–Crippen LogP) is 2.87. The molecule has 0 aromatic carbocycles. The van der Waals surface area contributed by atoms with Gasteiger partial charge in [-0.25, -0.2) is 0 Å². The van der Waals surface area contributed by atoms with E-state index in [1.807, 2.05) is 0 Å². The van der Waals surface area contributed by atoms with Gasteiger partial charge in [0.15, 0.2) is 0 Å². The summed E-state index contributed by atoms with van der Waals surface area (Å²) in [5, 5.41) is 2.09. The van der Waals surface area contributed by atoms with E-state index in [0.29, 0.717) is 3.92 Å². The van der Waals surface area contributed by atoms with Gasteiger partial charge in [-0.05, 0) is 11.4 Å². The van der Waals surface area contributed by atoms with E-state index in [9.17, 15) is 0 Å². The summed E-state index contributed by atoms with van der Waals surface area (Å²) in [4.78, 5) is 1.39. The van der Waals surface area contributed by atoms with Crippen LogP contribution in [-0.4, -0.2) is 13.7 Å². The van der Waals surface area contributed by atoms with Gasteiger partial charge in [0.25, 0.3) is 0 Å². The molecule has 1 atom stereocenters. The average molecular weight is 268 g/mol. The monoisotopic (exact) mass is 268 g/mol. The third-order valence-corrected chi connectivity index (χ3v) is 3.60. The highest BCUT2D eigenvalue weighted by molar-refractivity contribution is 14.1. The number of methoxy groups -OCH3 is 1. The van der Waals surface area contributed by atoms with E-state index in [0.717, 1.165) is 6.61 Å². The van der Waals surface area contributed by atoms with Gasteiger partial charge in [-0.3, -0.25) is 0 Å². The molecule has 0 N–H and O–H groups in total. The van der Waals surface area contributed by atoms with Crippen molar-refractivity contribution < 1.29 is 4.74 Å². The highest BCUT2D eigenvalue weighted by Gasteiger charge is 2.05. The van der Waals surface area contributed by atoms with Crippen LogP contribution in [0, 0.1) is 0 Å². The van der Waals surface area contributed by atoms with Crippen LogP contribution in [0.25, 0.3) is 0 Å². The lowest BCUT2D eigenvalue weighted by atomic mass is 10.4. The molecule has 0 amide bonds. The Morgan fingerprint density at radius 2 is 2.60 bits per heavy atom. The van der Waals surface area contributed by atoms with Crippen molar-refractivity contribution >= 4 is 33.9 Å². The van der Waals surface area contributed by atoms with Gasteiger partial charge in [0, 0.05) is 12.0 Å². The van der Waals surface area contributed by atoms with Gasteiger partial charge in [-0.1, -0.05) is 28.7 Å². The molecule has 0 aliphatic rings. The first kappa shape index (κ1) is 8.49. The van der Waals surface area contributed by atoms with Crippen molar-refractivity contribution in [2.75, 3.05) is 13.7 Å². The molecule has 10 heavy (non-hydrogen) atoms. The van der Waals surface area contributed by atoms with Gasteiger partial charge < -0.3 is 4.74 Å². The summed E-state index contributed by atoms with van der Waals surface area (Å²) in [5.74, 6) is 0. The van der Waals surface area contributed by atoms with Gasteiger partial charge in [0.1, 0.15) is 0 Å². The summed E-state index contributed by atoms with van der Waals surface area (Å²) in [6.45, 7) is 0.807. The summed E-state index contributed by atoms with van der Waals surface area (Å²) in [7, 11) is 1.74. The van der Waals surface area contributed by atoms with E-state index in [-0.39, 0.29) is 0 Å². The Kier molecular flexibility index (Phi) is 3.65. The Morgan fingerprint density at radius 1 is 1.80 bits per heavy atom. The van der Waals surface area contributed by atoms with Crippen LogP contribution < -0.4 is 0 Å². The maximum atomic E-state index is 5.03. The Hall–Kier alpha value is 0.390. The van der Waals surface area contributed by atoms with Crippen LogP contribution in [0.4, 0.5) is 0 Å². The quantitative estimate of drug-likeness (QED) is 0.605. The molecule has 0 aliphatic heterocycles. The molecule has 56 valence electrons. The molecule has 1 aromatic heterocycles. The minimum atomic E-state index is 0.516. The largest absolute Gasteiger partial charge is 0.383 e. The first-order valence-corrected chi connectivity index (χ1v) is 5.13. The Balaban J connectivity index is 2.50. The smallest absolute Gasteiger partial charge is 0.0686 e. The van der Waals surface area contributed by atoms with Gasteiger partial charge >= 0.3 is 0 Å². The van der Waals surface area contributed by atoms with Gasteiger partial charge in [-0.15, -0.1) is 11.3 Å². The van der Waals surface area contributed by atoms with Crippen molar-refractivity contribution in [1.82, 2.24) is 0 Å². The molecule has 0 radical (unpaired) electrons. The van der Waals surface area contributed by atoms with Crippen LogP contribution >= 0.6 is 33.9 Å². The molecule has 1 rings (SSSR count). The number of halogens is 1. The fourth-order valence-corrected chi connectivity index (χ4v) is 2.39. The molecule has 0 saturated heterocycles. The van der Waals surface area contributed by atoms with Crippen LogP contribution in [0.3, 0.4) is 0 Å². The lowest BCUT2D eigenvalue weighted by molar-refractivity contribution is 0.204. The Labute approximate surface area is 78.5 Å². The Morgan fingerprint density at radius 3 is 3.10 bits per heavy atom. The summed E-state index contributed by atoms with van der Waals surface area (Å²) >= 11 is 4.17. The lowest BCUT2D eigenvalue weighted by Gasteiger charge is -2.03. The topological polar surface area (TPSA) is 9.23 Å². The van der Waals surface area contributed by atoms with Crippen LogP contribution in [0.2, 0.25) is 0 Å². The van der Waals surface area contributed by atoms with Crippen molar-refractivity contribution in [3.63, 3.8) is 0 Å². The third-order valence-electron chi connectivity index (χ3n) is 1.16. The zero-order valence-electron chi connectivity index (χ0n) is 5.71. The van der Waals surface area contributed by atoms with Crippen molar-refractivity contribution in [3.05, 3.63) is 22.4 Å². The number of hydrogen-bond acceptors (Lipinski definition) is 2. The van der Waals surface area contributed by atoms with E-state index in [2.05, 4.69) is 40.1 Å². The van der Waals surface area contributed by atoms with Gasteiger partial charge in [0.05, 0.1) is 10.5 Å². The van der Waals surface area contributed by atoms with E-state index < -0.39 is 0 Å². The molecule has 0 fully saturated rings. The van der Waals surface area contributed by atoms with E-state index >= 15 is 0 Å². The highest BCUT2D eigenvalue weighted by Crippen LogP contribution is 2.27. The minimum absolute atomic E-state index is 0.516. The van der Waals surface area contributed by atoms with Crippen molar-refractivity contribution in [1.29, 1.82) is 0 Å². The molecular formula is C7H9IOS. The third kappa shape index (κ3) is 2.21. The first-order valence-electron chi connectivity index (χ1n) is 3.01. The number of rotatable bonds is 3. The molecule has 0 saturated carbocycles. The second-order valence-corrected chi connectivity index (χ2v) is 4.42. The number of alkyl halides is 1. The zero-order chi connectivity index (χ0) is 7.40. The number of thiophene rings is 1. The van der Waals surface area contributed by atoms with Gasteiger partial charge in [0.2, 0.25) is 0 Å². The van der Waals surface area contributed by atoms with E-state index in [4.69, 9.17) is 4.74 Å². The van der Waals surface area contributed by atoms with Crippen LogP contribution in [-0.2, 0) is 4.74 Å². The minimum Gasteiger partial charge on any atom is -0.383 e. The fourth-order valence-electron chi connectivity index (χ4n) is 0.698. The molecule has 0 unspecified atom stereocenters. The molecular weight excluding hydrogens is 259 g/mol. The maximum Gasteiger partial charge on any atom is 0.0686 e. The molecule has 0 spiro atoms. The zero-order valence-corrected chi connectivity index (χ0v) is 8.68. The highest BCUT2D eigenvalue weighted by atomic mass is 127. The summed E-state index contributed by atoms with van der Waals surface area (Å²) < 4.78 is 5.54. The van der Waals surface area contributed by atoms with Crippen molar-refractivity contribution in [3.8, 4) is 0 Å². The van der Waals surface area contributed by atoms with E-state index in [1.165, 1.54) is 4.88 Å². The second-order valence-electron chi connectivity index (χ2n) is 1.94. The van der Waals surface area contributed by atoms with Crippen molar-refractivity contribution in [2.24, 2.45) is 0 Å². The molecule has 3 heteroatoms. The summed E-state index contributed by atoms with van der Waals surface area (Å²) in [6, 6.07) is 4.21. The van der Waals surface area contributed by atoms with Gasteiger partial charge in [-0.2, -0.15) is 0 Å². The summed E-state index contributed by atoms with van der Waals surface area (Å²) in [6.07, 6.45) is 0. The molecule has 1 heterocycles. The molecule has 1 nitrogen and oxygen atoms in total. The van der Waals surface area contributed by atoms with E-state index in [1.54, 1.807) is 18.4 Å². The maximum absolute atomic E-state index is 5.03. The Bertz CT molecular complexity index is 174. The predicted molar refractivity (Wildman–Crippen MR) is 53.0 cm³/mol. The second kappa shape index (κ2) is 4.31. The first-order chi connectivity index (χ1) is 4.84. The van der Waals surface area contributed by atoms with Crippen LogP contribution in [0.15, 0.2) is 17.5 Å². The molecule has 0 aliphatic carbocycles. The normalized spacial score (nSPS) is 13.4.